The molecule has 6 heteroatoms. The Balaban J connectivity index is 1.64. The molecule has 21 heavy (non-hydrogen) atoms. The van der Waals surface area contributed by atoms with Crippen LogP contribution in [0.1, 0.15) is 18.5 Å². The number of aromatic nitrogens is 4. The molecule has 0 spiro atoms. The molecule has 0 aliphatic carbocycles. The van der Waals surface area contributed by atoms with Crippen LogP contribution in [-0.2, 0) is 13.6 Å². The Morgan fingerprint density at radius 3 is 2.81 bits per heavy atom. The number of likely N-dealkylation sites (tertiary alicyclic amines) is 1. The first-order chi connectivity index (χ1) is 10.2. The van der Waals surface area contributed by atoms with Gasteiger partial charge in [-0.3, -0.25) is 9.58 Å². The molecule has 0 aromatic carbocycles. The number of rotatable bonds is 4. The minimum absolute atomic E-state index is 0.467. The molecule has 0 N–H and O–H groups in total. The molecule has 112 valence electrons. The molecule has 3 rings (SSSR count). The molecule has 1 fully saturated rings. The minimum atomic E-state index is 0.467. The highest BCUT2D eigenvalue weighted by molar-refractivity contribution is 5.29. The van der Waals surface area contributed by atoms with Crippen molar-refractivity contribution in [2.24, 2.45) is 7.05 Å². The van der Waals surface area contributed by atoms with Crippen molar-refractivity contribution < 1.29 is 0 Å². The van der Waals surface area contributed by atoms with Gasteiger partial charge in [-0.05, 0) is 31.5 Å². The van der Waals surface area contributed by atoms with Crippen LogP contribution in [0.2, 0.25) is 0 Å². The van der Waals surface area contributed by atoms with E-state index in [1.165, 1.54) is 18.5 Å². The van der Waals surface area contributed by atoms with E-state index in [1.54, 1.807) is 12.4 Å². The van der Waals surface area contributed by atoms with Gasteiger partial charge in [-0.25, -0.2) is 9.97 Å². The van der Waals surface area contributed by atoms with Crippen LogP contribution in [0.5, 0.6) is 0 Å². The summed E-state index contributed by atoms with van der Waals surface area (Å²) >= 11 is 0. The van der Waals surface area contributed by atoms with Gasteiger partial charge in [-0.1, -0.05) is 0 Å². The lowest BCUT2D eigenvalue weighted by atomic mass is 10.0. The van der Waals surface area contributed by atoms with Gasteiger partial charge in [0.2, 0.25) is 5.95 Å². The fourth-order valence-corrected chi connectivity index (χ4v) is 2.91. The normalized spacial score (nSPS) is 19.6. The Bertz CT molecular complexity index is 567. The molecule has 3 heterocycles. The summed E-state index contributed by atoms with van der Waals surface area (Å²) in [6.45, 7) is 3.14. The van der Waals surface area contributed by atoms with E-state index >= 15 is 0 Å². The quantitative estimate of drug-likeness (QED) is 0.848. The number of likely N-dealkylation sites (N-methyl/N-ethyl adjacent to an activating group) is 1. The first-order valence-electron chi connectivity index (χ1n) is 7.43. The molecular weight excluding hydrogens is 264 g/mol. The molecule has 0 amide bonds. The Kier molecular flexibility index (Phi) is 4.15. The zero-order valence-corrected chi connectivity index (χ0v) is 12.7. The summed E-state index contributed by atoms with van der Waals surface area (Å²) in [4.78, 5) is 13.4. The smallest absolute Gasteiger partial charge is 0.225 e. The summed E-state index contributed by atoms with van der Waals surface area (Å²) in [5, 5.41) is 4.24. The lowest BCUT2D eigenvalue weighted by Crippen LogP contribution is -2.46. The van der Waals surface area contributed by atoms with Crippen LogP contribution in [0.15, 0.2) is 30.7 Å². The number of piperidine rings is 1. The second kappa shape index (κ2) is 6.22. The van der Waals surface area contributed by atoms with Crippen LogP contribution in [0, 0.1) is 0 Å². The molecule has 0 saturated carbocycles. The van der Waals surface area contributed by atoms with Crippen LogP contribution in [-0.4, -0.2) is 50.8 Å². The summed E-state index contributed by atoms with van der Waals surface area (Å²) < 4.78 is 1.95. The maximum absolute atomic E-state index is 4.35. The van der Waals surface area contributed by atoms with Crippen molar-refractivity contribution in [3.05, 3.63) is 36.4 Å². The Hall–Kier alpha value is -1.95. The van der Waals surface area contributed by atoms with E-state index in [9.17, 15) is 0 Å². The molecule has 1 unspecified atom stereocenters. The van der Waals surface area contributed by atoms with Crippen LogP contribution < -0.4 is 4.90 Å². The van der Waals surface area contributed by atoms with Crippen LogP contribution in [0.3, 0.4) is 0 Å². The van der Waals surface area contributed by atoms with Crippen molar-refractivity contribution in [1.82, 2.24) is 24.6 Å². The average Bonchev–Trinajstić information content (AvgIpc) is 2.93. The maximum Gasteiger partial charge on any atom is 0.225 e. The molecule has 1 atom stereocenters. The number of aryl methyl sites for hydroxylation is 1. The highest BCUT2D eigenvalue weighted by atomic mass is 15.3. The molecule has 2 aromatic rings. The van der Waals surface area contributed by atoms with Crippen molar-refractivity contribution in [2.75, 3.05) is 25.0 Å². The van der Waals surface area contributed by atoms with Gasteiger partial charge in [0.05, 0.1) is 5.69 Å². The van der Waals surface area contributed by atoms with Gasteiger partial charge in [0.1, 0.15) is 0 Å². The average molecular weight is 286 g/mol. The number of hydrogen-bond acceptors (Lipinski definition) is 5. The van der Waals surface area contributed by atoms with E-state index in [1.807, 2.05) is 24.0 Å². The van der Waals surface area contributed by atoms with Crippen molar-refractivity contribution in [3.63, 3.8) is 0 Å². The molecule has 1 aliphatic heterocycles. The lowest BCUT2D eigenvalue weighted by Gasteiger charge is -2.37. The largest absolute Gasteiger partial charge is 0.340 e. The van der Waals surface area contributed by atoms with Gasteiger partial charge >= 0.3 is 0 Å². The van der Waals surface area contributed by atoms with E-state index in [4.69, 9.17) is 0 Å². The predicted molar refractivity (Wildman–Crippen MR) is 81.9 cm³/mol. The van der Waals surface area contributed by atoms with Gasteiger partial charge in [-0.2, -0.15) is 5.10 Å². The molecule has 1 saturated heterocycles. The van der Waals surface area contributed by atoms with Crippen LogP contribution >= 0.6 is 0 Å². The molecule has 2 aromatic heterocycles. The van der Waals surface area contributed by atoms with E-state index in [-0.39, 0.29) is 0 Å². The second-order valence-corrected chi connectivity index (χ2v) is 5.64. The number of anilines is 1. The van der Waals surface area contributed by atoms with Crippen molar-refractivity contribution in [2.45, 2.75) is 25.4 Å². The molecular formula is C15H22N6. The monoisotopic (exact) mass is 286 g/mol. The summed E-state index contributed by atoms with van der Waals surface area (Å²) in [6, 6.07) is 4.41. The summed E-state index contributed by atoms with van der Waals surface area (Å²) in [7, 11) is 4.09. The summed E-state index contributed by atoms with van der Waals surface area (Å²) in [6.07, 6.45) is 7.86. The van der Waals surface area contributed by atoms with Crippen molar-refractivity contribution in [1.29, 1.82) is 0 Å². The van der Waals surface area contributed by atoms with E-state index in [2.05, 4.69) is 38.0 Å². The van der Waals surface area contributed by atoms with Crippen LogP contribution in [0.4, 0.5) is 5.95 Å². The molecule has 6 nitrogen and oxygen atoms in total. The molecule has 1 aliphatic rings. The van der Waals surface area contributed by atoms with Gasteiger partial charge in [0, 0.05) is 51.8 Å². The first-order valence-corrected chi connectivity index (χ1v) is 7.43. The van der Waals surface area contributed by atoms with Crippen molar-refractivity contribution in [3.8, 4) is 0 Å². The zero-order valence-electron chi connectivity index (χ0n) is 12.7. The summed E-state index contributed by atoms with van der Waals surface area (Å²) in [5.41, 5.74) is 1.26. The summed E-state index contributed by atoms with van der Waals surface area (Å²) in [5.74, 6) is 0.810. The van der Waals surface area contributed by atoms with Crippen molar-refractivity contribution >= 4 is 5.95 Å². The van der Waals surface area contributed by atoms with Gasteiger partial charge in [0.25, 0.3) is 0 Å². The van der Waals surface area contributed by atoms with Crippen LogP contribution in [0.25, 0.3) is 0 Å². The fourth-order valence-electron chi connectivity index (χ4n) is 2.91. The van der Waals surface area contributed by atoms with E-state index < -0.39 is 0 Å². The predicted octanol–water partition coefficient (Wildman–Crippen LogP) is 1.31. The third-order valence-electron chi connectivity index (χ3n) is 4.20. The Morgan fingerprint density at radius 2 is 2.10 bits per heavy atom. The maximum atomic E-state index is 4.35. The number of nitrogens with zero attached hydrogens (tertiary/aromatic N) is 6. The Labute approximate surface area is 125 Å². The molecule has 0 radical (unpaired) electrons. The lowest BCUT2D eigenvalue weighted by molar-refractivity contribution is 0.194. The standard InChI is InChI=1S/C15H22N6/c1-19(15-16-7-4-8-17-15)13-5-3-10-21(11-13)12-14-6-9-18-20(14)2/h4,6-9,13H,3,5,10-12H2,1-2H3. The highest BCUT2D eigenvalue weighted by Crippen LogP contribution is 2.19. The minimum Gasteiger partial charge on any atom is -0.340 e. The second-order valence-electron chi connectivity index (χ2n) is 5.64. The van der Waals surface area contributed by atoms with E-state index in [0.717, 1.165) is 25.6 Å². The highest BCUT2D eigenvalue weighted by Gasteiger charge is 2.25. The van der Waals surface area contributed by atoms with Gasteiger partial charge in [0.15, 0.2) is 0 Å². The van der Waals surface area contributed by atoms with Gasteiger partial charge < -0.3 is 4.90 Å². The topological polar surface area (TPSA) is 50.1 Å². The zero-order chi connectivity index (χ0) is 14.7. The first kappa shape index (κ1) is 14.0. The third-order valence-corrected chi connectivity index (χ3v) is 4.20. The number of hydrogen-bond donors (Lipinski definition) is 0. The fraction of sp³-hybridized carbons (Fsp3) is 0.533. The Morgan fingerprint density at radius 1 is 1.29 bits per heavy atom. The molecule has 0 bridgehead atoms. The van der Waals surface area contributed by atoms with E-state index in [0.29, 0.717) is 6.04 Å². The SMILES string of the molecule is CN(c1ncccn1)C1CCCN(Cc2ccnn2C)C1. The van der Waals surface area contributed by atoms with Gasteiger partial charge in [-0.15, -0.1) is 0 Å². The third kappa shape index (κ3) is 3.21.